The number of hydrogen-bond acceptors (Lipinski definition) is 3. The predicted molar refractivity (Wildman–Crippen MR) is 64.5 cm³/mol. The van der Waals surface area contributed by atoms with Gasteiger partial charge in [0, 0.05) is 17.6 Å². The summed E-state index contributed by atoms with van der Waals surface area (Å²) in [6.45, 7) is 3.07. The molecular formula is C12H14N2OS. The van der Waals surface area contributed by atoms with Crippen LogP contribution in [0.5, 0.6) is 0 Å². The number of aromatic nitrogens is 2. The van der Waals surface area contributed by atoms with E-state index in [0.717, 1.165) is 30.9 Å². The summed E-state index contributed by atoms with van der Waals surface area (Å²) in [6, 6.07) is 4.20. The lowest BCUT2D eigenvalue weighted by molar-refractivity contribution is 0.134. The second kappa shape index (κ2) is 3.71. The standard InChI is InChI=1S/C12H14N2OS/c1-8-4-5-11(16-8)9-7-14-6-2-3-10(15)12(14)13-9/h4-5,7,10,15H,2-3,6H2,1H3. The zero-order valence-electron chi connectivity index (χ0n) is 9.18. The van der Waals surface area contributed by atoms with E-state index in [4.69, 9.17) is 0 Å². The van der Waals surface area contributed by atoms with Crippen molar-refractivity contribution in [2.45, 2.75) is 32.4 Å². The highest BCUT2D eigenvalue weighted by Crippen LogP contribution is 2.31. The molecule has 0 aromatic carbocycles. The molecule has 3 heterocycles. The maximum absolute atomic E-state index is 9.85. The van der Waals surface area contributed by atoms with Crippen molar-refractivity contribution in [3.8, 4) is 10.6 Å². The molecule has 0 amide bonds. The van der Waals surface area contributed by atoms with Crippen LogP contribution in [0.3, 0.4) is 0 Å². The highest BCUT2D eigenvalue weighted by molar-refractivity contribution is 7.15. The Balaban J connectivity index is 2.04. The van der Waals surface area contributed by atoms with Crippen LogP contribution in [0.1, 0.15) is 29.6 Å². The predicted octanol–water partition coefficient (Wildman–Crippen LogP) is 2.75. The molecule has 1 aliphatic heterocycles. The minimum Gasteiger partial charge on any atom is -0.385 e. The van der Waals surface area contributed by atoms with Crippen LogP contribution in [0.4, 0.5) is 0 Å². The maximum Gasteiger partial charge on any atom is 0.138 e. The number of fused-ring (bicyclic) bond motifs is 1. The van der Waals surface area contributed by atoms with Crippen molar-refractivity contribution in [2.24, 2.45) is 0 Å². The van der Waals surface area contributed by atoms with Gasteiger partial charge >= 0.3 is 0 Å². The molecule has 0 fully saturated rings. The van der Waals surface area contributed by atoms with E-state index in [2.05, 4.69) is 34.8 Å². The van der Waals surface area contributed by atoms with E-state index in [-0.39, 0.29) is 6.10 Å². The van der Waals surface area contributed by atoms with Gasteiger partial charge in [-0.2, -0.15) is 0 Å². The smallest absolute Gasteiger partial charge is 0.138 e. The van der Waals surface area contributed by atoms with E-state index in [9.17, 15) is 5.11 Å². The van der Waals surface area contributed by atoms with E-state index in [1.807, 2.05) is 0 Å². The van der Waals surface area contributed by atoms with Gasteiger partial charge in [0.25, 0.3) is 0 Å². The molecule has 0 spiro atoms. The van der Waals surface area contributed by atoms with Crippen molar-refractivity contribution in [1.29, 1.82) is 0 Å². The number of aryl methyl sites for hydroxylation is 2. The van der Waals surface area contributed by atoms with Crippen molar-refractivity contribution < 1.29 is 5.11 Å². The lowest BCUT2D eigenvalue weighted by atomic mass is 10.1. The topological polar surface area (TPSA) is 38.0 Å². The third-order valence-electron chi connectivity index (χ3n) is 2.97. The minimum atomic E-state index is -0.386. The molecule has 1 aliphatic rings. The number of nitrogens with zero attached hydrogens (tertiary/aromatic N) is 2. The first-order valence-corrected chi connectivity index (χ1v) is 6.37. The molecule has 84 valence electrons. The average Bonchev–Trinajstić information content (AvgIpc) is 2.84. The summed E-state index contributed by atoms with van der Waals surface area (Å²) in [5, 5.41) is 9.85. The Morgan fingerprint density at radius 2 is 2.38 bits per heavy atom. The molecule has 2 aromatic heterocycles. The summed E-state index contributed by atoms with van der Waals surface area (Å²) in [6.07, 6.45) is 3.54. The number of imidazole rings is 1. The van der Waals surface area contributed by atoms with Crippen LogP contribution >= 0.6 is 11.3 Å². The van der Waals surface area contributed by atoms with Gasteiger partial charge < -0.3 is 9.67 Å². The molecule has 2 aromatic rings. The van der Waals surface area contributed by atoms with Crippen molar-refractivity contribution >= 4 is 11.3 Å². The van der Waals surface area contributed by atoms with Crippen LogP contribution in [0.2, 0.25) is 0 Å². The van der Waals surface area contributed by atoms with Gasteiger partial charge in [-0.15, -0.1) is 11.3 Å². The molecule has 3 nitrogen and oxygen atoms in total. The molecule has 0 saturated heterocycles. The Hall–Kier alpha value is -1.13. The summed E-state index contributed by atoms with van der Waals surface area (Å²) in [7, 11) is 0. The van der Waals surface area contributed by atoms with Gasteiger partial charge in [-0.05, 0) is 31.9 Å². The summed E-state index contributed by atoms with van der Waals surface area (Å²) in [5.74, 6) is 0.826. The Bertz CT molecular complexity index is 515. The van der Waals surface area contributed by atoms with Crippen molar-refractivity contribution in [1.82, 2.24) is 9.55 Å². The summed E-state index contributed by atoms with van der Waals surface area (Å²) in [4.78, 5) is 7.02. The summed E-state index contributed by atoms with van der Waals surface area (Å²) < 4.78 is 2.08. The molecule has 4 heteroatoms. The number of hydrogen-bond donors (Lipinski definition) is 1. The zero-order valence-corrected chi connectivity index (χ0v) is 10.00. The number of aliphatic hydroxyl groups is 1. The molecule has 1 unspecified atom stereocenters. The molecule has 0 aliphatic carbocycles. The third-order valence-corrected chi connectivity index (χ3v) is 4.00. The molecule has 1 atom stereocenters. The number of aliphatic hydroxyl groups excluding tert-OH is 1. The normalized spacial score (nSPS) is 19.8. The third kappa shape index (κ3) is 1.58. The molecule has 3 rings (SSSR count). The van der Waals surface area contributed by atoms with Gasteiger partial charge in [-0.3, -0.25) is 0 Å². The van der Waals surface area contributed by atoms with E-state index in [1.54, 1.807) is 11.3 Å². The summed E-state index contributed by atoms with van der Waals surface area (Å²) in [5.41, 5.74) is 0.994. The SMILES string of the molecule is Cc1ccc(-c2cn3c(n2)C(O)CCC3)s1. The summed E-state index contributed by atoms with van der Waals surface area (Å²) >= 11 is 1.75. The highest BCUT2D eigenvalue weighted by atomic mass is 32.1. The zero-order chi connectivity index (χ0) is 11.1. The first-order chi connectivity index (χ1) is 7.74. The van der Waals surface area contributed by atoms with Crippen LogP contribution in [-0.4, -0.2) is 14.7 Å². The van der Waals surface area contributed by atoms with Gasteiger partial charge in [-0.1, -0.05) is 0 Å². The fourth-order valence-corrected chi connectivity index (χ4v) is 2.97. The molecule has 0 saturated carbocycles. The van der Waals surface area contributed by atoms with Crippen molar-refractivity contribution in [3.05, 3.63) is 29.0 Å². The Labute approximate surface area is 98.4 Å². The second-order valence-corrected chi connectivity index (χ2v) is 5.53. The molecule has 0 bridgehead atoms. The van der Waals surface area contributed by atoms with Crippen LogP contribution in [0.15, 0.2) is 18.3 Å². The second-order valence-electron chi connectivity index (χ2n) is 4.25. The molecule has 0 radical (unpaired) electrons. The van der Waals surface area contributed by atoms with Gasteiger partial charge in [0.2, 0.25) is 0 Å². The van der Waals surface area contributed by atoms with Crippen LogP contribution in [-0.2, 0) is 6.54 Å². The van der Waals surface area contributed by atoms with Gasteiger partial charge in [-0.25, -0.2) is 4.98 Å². The lowest BCUT2D eigenvalue weighted by Crippen LogP contribution is -2.14. The average molecular weight is 234 g/mol. The van der Waals surface area contributed by atoms with Crippen LogP contribution in [0.25, 0.3) is 10.6 Å². The maximum atomic E-state index is 9.85. The van der Waals surface area contributed by atoms with Gasteiger partial charge in [0.1, 0.15) is 11.9 Å². The quantitative estimate of drug-likeness (QED) is 0.824. The van der Waals surface area contributed by atoms with Crippen molar-refractivity contribution in [3.63, 3.8) is 0 Å². The Kier molecular flexibility index (Phi) is 2.33. The first kappa shape index (κ1) is 10.1. The number of rotatable bonds is 1. The molecule has 1 N–H and O–H groups in total. The van der Waals surface area contributed by atoms with E-state index in [0.29, 0.717) is 0 Å². The lowest BCUT2D eigenvalue weighted by Gasteiger charge is -2.18. The van der Waals surface area contributed by atoms with Crippen molar-refractivity contribution in [2.75, 3.05) is 0 Å². The Morgan fingerprint density at radius 3 is 3.06 bits per heavy atom. The van der Waals surface area contributed by atoms with Gasteiger partial charge in [0.15, 0.2) is 0 Å². The largest absolute Gasteiger partial charge is 0.385 e. The van der Waals surface area contributed by atoms with Gasteiger partial charge in [0.05, 0.1) is 10.6 Å². The van der Waals surface area contributed by atoms with E-state index in [1.165, 1.54) is 9.75 Å². The first-order valence-electron chi connectivity index (χ1n) is 5.56. The Morgan fingerprint density at radius 1 is 1.50 bits per heavy atom. The monoisotopic (exact) mass is 234 g/mol. The highest BCUT2D eigenvalue weighted by Gasteiger charge is 2.21. The fourth-order valence-electron chi connectivity index (χ4n) is 2.15. The van der Waals surface area contributed by atoms with E-state index >= 15 is 0 Å². The molecule has 16 heavy (non-hydrogen) atoms. The minimum absolute atomic E-state index is 0.386. The van der Waals surface area contributed by atoms with Crippen LogP contribution < -0.4 is 0 Å². The van der Waals surface area contributed by atoms with Crippen LogP contribution in [0, 0.1) is 6.92 Å². The fraction of sp³-hybridized carbons (Fsp3) is 0.417. The van der Waals surface area contributed by atoms with E-state index < -0.39 is 0 Å². The molecular weight excluding hydrogens is 220 g/mol. The number of thiophene rings is 1.